The van der Waals surface area contributed by atoms with Crippen LogP contribution in [-0.2, 0) is 6.18 Å². The first-order chi connectivity index (χ1) is 17.2. The molecule has 6 nitrogen and oxygen atoms in total. The number of amides is 2. The lowest BCUT2D eigenvalue weighted by molar-refractivity contribution is -0.137. The van der Waals surface area contributed by atoms with Crippen LogP contribution in [0.15, 0.2) is 54.6 Å². The number of likely N-dealkylation sites (tertiary alicyclic amines) is 2. The van der Waals surface area contributed by atoms with Gasteiger partial charge in [-0.3, -0.25) is 5.10 Å². The van der Waals surface area contributed by atoms with Crippen molar-refractivity contribution in [1.82, 2.24) is 20.0 Å². The summed E-state index contributed by atoms with van der Waals surface area (Å²) in [5.41, 5.74) is 1.96. The summed E-state index contributed by atoms with van der Waals surface area (Å²) >= 11 is 0. The molecule has 10 heteroatoms. The van der Waals surface area contributed by atoms with Gasteiger partial charge in [-0.1, -0.05) is 24.3 Å². The number of aliphatic hydroxyl groups excluding tert-OH is 1. The molecule has 2 aromatic carbocycles. The van der Waals surface area contributed by atoms with Gasteiger partial charge in [-0.25, -0.2) is 9.18 Å². The molecule has 3 aromatic rings. The van der Waals surface area contributed by atoms with Crippen LogP contribution in [0.1, 0.15) is 41.5 Å². The minimum Gasteiger partial charge on any atom is -0.391 e. The molecular formula is C26H26F4N4O2. The fourth-order valence-electron chi connectivity index (χ4n) is 5.12. The van der Waals surface area contributed by atoms with Crippen LogP contribution in [0.25, 0.3) is 11.3 Å². The number of carbonyl (C=O) groups excluding carboxylic acids is 1. The Bertz CT molecular complexity index is 1230. The molecule has 0 bridgehead atoms. The number of β-amino-alcohol motifs (C(OH)–C–C–N with tert-alkyl or cyclic N) is 1. The van der Waals surface area contributed by atoms with E-state index in [2.05, 4.69) is 10.2 Å². The van der Waals surface area contributed by atoms with E-state index in [1.807, 2.05) is 6.07 Å². The summed E-state index contributed by atoms with van der Waals surface area (Å²) in [4.78, 5) is 16.6. The topological polar surface area (TPSA) is 72.5 Å². The lowest BCUT2D eigenvalue weighted by Gasteiger charge is -2.39. The molecule has 1 aromatic heterocycles. The van der Waals surface area contributed by atoms with Crippen LogP contribution in [0.5, 0.6) is 0 Å². The Labute approximate surface area is 205 Å². The second-order valence-corrected chi connectivity index (χ2v) is 9.54. The molecule has 2 aliphatic heterocycles. The van der Waals surface area contributed by atoms with E-state index in [4.69, 9.17) is 0 Å². The summed E-state index contributed by atoms with van der Waals surface area (Å²) in [5.74, 6) is -0.720. The lowest BCUT2D eigenvalue weighted by Crippen LogP contribution is -2.48. The van der Waals surface area contributed by atoms with Crippen LogP contribution in [0.2, 0.25) is 0 Å². The van der Waals surface area contributed by atoms with E-state index >= 15 is 0 Å². The van der Waals surface area contributed by atoms with Gasteiger partial charge < -0.3 is 14.9 Å². The van der Waals surface area contributed by atoms with Gasteiger partial charge in [-0.2, -0.15) is 18.3 Å². The average molecular weight is 503 g/mol. The van der Waals surface area contributed by atoms with Crippen molar-refractivity contribution in [2.45, 2.75) is 37.0 Å². The molecule has 0 saturated carbocycles. The normalized spacial score (nSPS) is 22.8. The summed E-state index contributed by atoms with van der Waals surface area (Å²) in [5, 5.41) is 17.2. The molecule has 2 N–H and O–H groups in total. The van der Waals surface area contributed by atoms with Crippen molar-refractivity contribution in [3.8, 4) is 11.3 Å². The highest BCUT2D eigenvalue weighted by Crippen LogP contribution is 2.38. The number of rotatable bonds is 3. The van der Waals surface area contributed by atoms with Gasteiger partial charge in [0.25, 0.3) is 0 Å². The van der Waals surface area contributed by atoms with Crippen LogP contribution in [0.4, 0.5) is 22.4 Å². The van der Waals surface area contributed by atoms with Gasteiger partial charge in [0.1, 0.15) is 5.82 Å². The van der Waals surface area contributed by atoms with Crippen LogP contribution in [0.3, 0.4) is 0 Å². The van der Waals surface area contributed by atoms with Crippen molar-refractivity contribution < 1.29 is 27.5 Å². The van der Waals surface area contributed by atoms with Crippen LogP contribution in [0, 0.1) is 5.82 Å². The number of hydrogen-bond acceptors (Lipinski definition) is 3. The standard InChI is InChI=1S/C26H26F4N4O2/c27-21-3-1-2-17(11-21)23-12-24(32-31-23)19-10-18(16-4-6-20(7-5-16)26(28,29)30)13-34(14-19)25(36)33-9-8-22(35)15-33/h1-7,11-12,18-19,22,35H,8-10,13-15H2,(H,31,32). The Hall–Kier alpha value is -3.40. The van der Waals surface area contributed by atoms with Crippen LogP contribution >= 0.6 is 0 Å². The highest BCUT2D eigenvalue weighted by atomic mass is 19.4. The van der Waals surface area contributed by atoms with Crippen molar-refractivity contribution >= 4 is 6.03 Å². The number of hydrogen-bond donors (Lipinski definition) is 2. The predicted octanol–water partition coefficient (Wildman–Crippen LogP) is 4.99. The quantitative estimate of drug-likeness (QED) is 0.496. The zero-order chi connectivity index (χ0) is 25.4. The maximum atomic E-state index is 13.7. The minimum atomic E-state index is -4.42. The fourth-order valence-corrected chi connectivity index (χ4v) is 5.12. The highest BCUT2D eigenvalue weighted by Gasteiger charge is 2.37. The SMILES string of the molecule is O=C(N1CCC(O)C1)N1CC(c2ccc(C(F)(F)F)cc2)CC(c2cc(-c3cccc(F)c3)n[nH]2)C1. The van der Waals surface area contributed by atoms with Crippen LogP contribution < -0.4 is 0 Å². The second-order valence-electron chi connectivity index (χ2n) is 9.54. The zero-order valence-electron chi connectivity index (χ0n) is 19.4. The number of nitrogens with zero attached hydrogens (tertiary/aromatic N) is 3. The maximum absolute atomic E-state index is 13.7. The van der Waals surface area contributed by atoms with Gasteiger partial charge in [-0.05, 0) is 48.7 Å². The van der Waals surface area contributed by atoms with Gasteiger partial charge in [0.05, 0.1) is 17.4 Å². The lowest BCUT2D eigenvalue weighted by atomic mass is 9.82. The molecular weight excluding hydrogens is 476 g/mol. The molecule has 36 heavy (non-hydrogen) atoms. The number of carbonyl (C=O) groups is 1. The van der Waals surface area contributed by atoms with Gasteiger partial charge in [0.2, 0.25) is 0 Å². The van der Waals surface area contributed by atoms with Gasteiger partial charge in [-0.15, -0.1) is 0 Å². The molecule has 2 saturated heterocycles. The molecule has 0 spiro atoms. The first-order valence-electron chi connectivity index (χ1n) is 11.9. The van der Waals surface area contributed by atoms with E-state index < -0.39 is 17.8 Å². The summed E-state index contributed by atoms with van der Waals surface area (Å²) in [6, 6.07) is 12.8. The number of aromatic amines is 1. The number of aromatic nitrogens is 2. The molecule has 3 heterocycles. The molecule has 190 valence electrons. The Balaban J connectivity index is 1.42. The summed E-state index contributed by atoms with van der Waals surface area (Å²) < 4.78 is 52.9. The third-order valence-corrected chi connectivity index (χ3v) is 7.02. The first kappa shape index (κ1) is 24.3. The van der Waals surface area contributed by atoms with Crippen molar-refractivity contribution in [3.05, 3.63) is 77.2 Å². The fraction of sp³-hybridized carbons (Fsp3) is 0.385. The molecule has 0 radical (unpaired) electrons. The van der Waals surface area contributed by atoms with Crippen molar-refractivity contribution in [3.63, 3.8) is 0 Å². The maximum Gasteiger partial charge on any atom is 0.416 e. The summed E-state index contributed by atoms with van der Waals surface area (Å²) in [7, 11) is 0. The number of H-pyrrole nitrogens is 1. The smallest absolute Gasteiger partial charge is 0.391 e. The number of aliphatic hydroxyl groups is 1. The molecule has 3 unspecified atom stereocenters. The number of piperidine rings is 1. The largest absolute Gasteiger partial charge is 0.416 e. The van der Waals surface area contributed by atoms with E-state index in [0.29, 0.717) is 43.7 Å². The first-order valence-corrected chi connectivity index (χ1v) is 11.9. The van der Waals surface area contributed by atoms with Crippen molar-refractivity contribution in [2.24, 2.45) is 0 Å². The Morgan fingerprint density at radius 3 is 2.42 bits per heavy atom. The number of urea groups is 1. The summed E-state index contributed by atoms with van der Waals surface area (Å²) in [6.45, 7) is 1.48. The van der Waals surface area contributed by atoms with Gasteiger partial charge >= 0.3 is 12.2 Å². The number of benzene rings is 2. The molecule has 5 rings (SSSR count). The van der Waals surface area contributed by atoms with Crippen molar-refractivity contribution in [1.29, 1.82) is 0 Å². The van der Waals surface area contributed by atoms with Crippen LogP contribution in [-0.4, -0.2) is 63.4 Å². The van der Waals surface area contributed by atoms with E-state index in [1.54, 1.807) is 21.9 Å². The number of alkyl halides is 3. The van der Waals surface area contributed by atoms with E-state index in [9.17, 15) is 27.5 Å². The zero-order valence-corrected chi connectivity index (χ0v) is 19.4. The van der Waals surface area contributed by atoms with E-state index in [1.165, 1.54) is 24.3 Å². The van der Waals surface area contributed by atoms with Gasteiger partial charge in [0, 0.05) is 49.3 Å². The minimum absolute atomic E-state index is 0.155. The molecule has 0 aliphatic carbocycles. The van der Waals surface area contributed by atoms with E-state index in [-0.39, 0.29) is 30.2 Å². The van der Waals surface area contributed by atoms with Crippen molar-refractivity contribution in [2.75, 3.05) is 26.2 Å². The molecule has 3 atom stereocenters. The predicted molar refractivity (Wildman–Crippen MR) is 125 cm³/mol. The Morgan fingerprint density at radius 2 is 1.75 bits per heavy atom. The molecule has 2 aliphatic rings. The number of nitrogens with one attached hydrogen (secondary N) is 1. The molecule has 2 amide bonds. The average Bonchev–Trinajstić information content (AvgIpc) is 3.53. The van der Waals surface area contributed by atoms with E-state index in [0.717, 1.165) is 23.4 Å². The third kappa shape index (κ3) is 5.09. The summed E-state index contributed by atoms with van der Waals surface area (Å²) in [6.07, 6.45) is -3.86. The second kappa shape index (κ2) is 9.57. The Kier molecular flexibility index (Phi) is 6.46. The Morgan fingerprint density at radius 1 is 1.00 bits per heavy atom. The highest BCUT2D eigenvalue weighted by molar-refractivity contribution is 5.75. The monoisotopic (exact) mass is 502 g/mol. The molecule has 2 fully saturated rings. The number of halogens is 4. The third-order valence-electron chi connectivity index (χ3n) is 7.02. The van der Waals surface area contributed by atoms with Gasteiger partial charge in [0.15, 0.2) is 0 Å².